The van der Waals surface area contributed by atoms with Gasteiger partial charge in [0.1, 0.15) is 4.90 Å². The number of hydrogen-bond acceptors (Lipinski definition) is 8. The SMILES string of the molecule is C[C@@H]1CN(c2cc(S(=O)(=O)NC3CC3)cn3c(-c4nnc(C(F)F)s4)ncc23)C[C@H](C)N1. The lowest BCUT2D eigenvalue weighted by Crippen LogP contribution is -2.54. The van der Waals surface area contributed by atoms with Crippen molar-refractivity contribution in [3.8, 4) is 10.8 Å². The third kappa shape index (κ3) is 4.09. The number of fused-ring (bicyclic) bond motifs is 1. The molecule has 2 atom stereocenters. The molecule has 2 fully saturated rings. The van der Waals surface area contributed by atoms with Crippen LogP contribution in [0, 0.1) is 0 Å². The number of sulfonamides is 1. The van der Waals surface area contributed by atoms with E-state index in [-0.39, 0.29) is 33.9 Å². The minimum atomic E-state index is -3.76. The summed E-state index contributed by atoms with van der Waals surface area (Å²) in [6.45, 7) is 5.52. The fourth-order valence-electron chi connectivity index (χ4n) is 4.04. The van der Waals surface area contributed by atoms with Gasteiger partial charge in [0.25, 0.3) is 6.43 Å². The molecule has 1 saturated carbocycles. The van der Waals surface area contributed by atoms with E-state index in [9.17, 15) is 17.2 Å². The van der Waals surface area contributed by atoms with Crippen LogP contribution in [0.15, 0.2) is 23.4 Å². The summed E-state index contributed by atoms with van der Waals surface area (Å²) in [7, 11) is -3.76. The van der Waals surface area contributed by atoms with Gasteiger partial charge in [-0.1, -0.05) is 11.3 Å². The average molecular weight is 484 g/mol. The van der Waals surface area contributed by atoms with E-state index in [0.717, 1.165) is 29.9 Å². The second-order valence-corrected chi connectivity index (χ2v) is 11.1. The minimum Gasteiger partial charge on any atom is -0.367 e. The Morgan fingerprint density at radius 3 is 2.56 bits per heavy atom. The topological polar surface area (TPSA) is 105 Å². The molecule has 0 spiro atoms. The Morgan fingerprint density at radius 2 is 1.94 bits per heavy atom. The van der Waals surface area contributed by atoms with Gasteiger partial charge in [0, 0.05) is 37.4 Å². The Morgan fingerprint density at radius 1 is 1.22 bits per heavy atom. The molecule has 3 aromatic rings. The summed E-state index contributed by atoms with van der Waals surface area (Å²) in [6, 6.07) is 2.05. The number of aromatic nitrogens is 4. The number of alkyl halides is 2. The lowest BCUT2D eigenvalue weighted by Gasteiger charge is -2.38. The standard InChI is InChI=1S/C19H23F2N7O2S2/c1-10-7-27(8-11(2)23-10)14-5-13(32(29,30)26-12-3-4-12)9-28-15(14)6-22-17(28)19-25-24-18(31-19)16(20)21/h5-6,9-12,16,23,26H,3-4,7-8H2,1-2H3/t10-,11+. The van der Waals surface area contributed by atoms with Crippen molar-refractivity contribution in [2.45, 2.75) is 56.1 Å². The first-order chi connectivity index (χ1) is 15.2. The molecule has 1 saturated heterocycles. The summed E-state index contributed by atoms with van der Waals surface area (Å²) >= 11 is 0.746. The lowest BCUT2D eigenvalue weighted by atomic mass is 10.1. The van der Waals surface area contributed by atoms with Crippen molar-refractivity contribution in [3.05, 3.63) is 23.5 Å². The van der Waals surface area contributed by atoms with Gasteiger partial charge in [0.2, 0.25) is 10.0 Å². The number of halogens is 2. The van der Waals surface area contributed by atoms with Crippen LogP contribution in [0.2, 0.25) is 0 Å². The predicted molar refractivity (Wildman–Crippen MR) is 117 cm³/mol. The molecule has 0 bridgehead atoms. The van der Waals surface area contributed by atoms with Gasteiger partial charge >= 0.3 is 0 Å². The van der Waals surface area contributed by atoms with Crippen LogP contribution in [-0.4, -0.2) is 59.2 Å². The number of hydrogen-bond donors (Lipinski definition) is 2. The second-order valence-electron chi connectivity index (χ2n) is 8.41. The number of rotatable bonds is 6. The van der Waals surface area contributed by atoms with Crippen molar-refractivity contribution in [2.75, 3.05) is 18.0 Å². The third-order valence-corrected chi connectivity index (χ3v) is 7.93. The number of nitrogens with one attached hydrogen (secondary N) is 2. The first kappa shape index (κ1) is 21.6. The largest absolute Gasteiger partial charge is 0.367 e. The van der Waals surface area contributed by atoms with Gasteiger partial charge in [-0.25, -0.2) is 26.9 Å². The van der Waals surface area contributed by atoms with Crippen LogP contribution >= 0.6 is 11.3 Å². The Kier molecular flexibility index (Phi) is 5.39. The molecular formula is C19H23F2N7O2S2. The minimum absolute atomic E-state index is 0.0441. The number of piperazine rings is 1. The fourth-order valence-corrected chi connectivity index (χ4v) is 6.05. The quantitative estimate of drug-likeness (QED) is 0.555. The van der Waals surface area contributed by atoms with E-state index in [1.165, 1.54) is 6.20 Å². The van der Waals surface area contributed by atoms with E-state index in [0.29, 0.717) is 18.6 Å². The summed E-state index contributed by atoms with van der Waals surface area (Å²) in [5, 5.41) is 10.7. The van der Waals surface area contributed by atoms with Gasteiger partial charge in [-0.15, -0.1) is 10.2 Å². The van der Waals surface area contributed by atoms with Crippen molar-refractivity contribution >= 4 is 32.6 Å². The van der Waals surface area contributed by atoms with Crippen LogP contribution in [-0.2, 0) is 10.0 Å². The van der Waals surface area contributed by atoms with E-state index >= 15 is 0 Å². The van der Waals surface area contributed by atoms with Crippen molar-refractivity contribution in [3.63, 3.8) is 0 Å². The molecule has 172 valence electrons. The highest BCUT2D eigenvalue weighted by atomic mass is 32.2. The Bertz CT molecular complexity index is 1250. The van der Waals surface area contributed by atoms with Gasteiger partial charge in [-0.2, -0.15) is 0 Å². The van der Waals surface area contributed by atoms with Gasteiger partial charge in [-0.05, 0) is 32.8 Å². The Balaban J connectivity index is 1.66. The van der Waals surface area contributed by atoms with Gasteiger partial charge < -0.3 is 10.2 Å². The van der Waals surface area contributed by atoms with Gasteiger partial charge in [0.05, 0.1) is 17.4 Å². The highest BCUT2D eigenvalue weighted by molar-refractivity contribution is 7.89. The molecule has 0 radical (unpaired) electrons. The molecular weight excluding hydrogens is 460 g/mol. The summed E-state index contributed by atoms with van der Waals surface area (Å²) in [4.78, 5) is 6.63. The molecule has 1 aliphatic carbocycles. The second kappa shape index (κ2) is 7.97. The smallest absolute Gasteiger partial charge is 0.291 e. The van der Waals surface area contributed by atoms with Crippen LogP contribution in [0.4, 0.5) is 14.5 Å². The molecule has 9 nitrogen and oxygen atoms in total. The molecule has 32 heavy (non-hydrogen) atoms. The highest BCUT2D eigenvalue weighted by Crippen LogP contribution is 2.34. The molecule has 0 aromatic carbocycles. The molecule has 1 aliphatic heterocycles. The zero-order valence-electron chi connectivity index (χ0n) is 17.5. The maximum atomic E-state index is 13.1. The van der Waals surface area contributed by atoms with E-state index < -0.39 is 21.5 Å². The first-order valence-electron chi connectivity index (χ1n) is 10.4. The van der Waals surface area contributed by atoms with Crippen LogP contribution in [0.1, 0.15) is 38.1 Å². The van der Waals surface area contributed by atoms with Crippen LogP contribution in [0.3, 0.4) is 0 Å². The van der Waals surface area contributed by atoms with E-state index in [1.54, 1.807) is 16.7 Å². The maximum absolute atomic E-state index is 13.1. The molecule has 0 unspecified atom stereocenters. The van der Waals surface area contributed by atoms with Crippen molar-refractivity contribution < 1.29 is 17.2 Å². The fraction of sp³-hybridized carbons (Fsp3) is 0.526. The first-order valence-corrected chi connectivity index (χ1v) is 12.7. The zero-order valence-corrected chi connectivity index (χ0v) is 19.1. The van der Waals surface area contributed by atoms with Crippen molar-refractivity contribution in [2.24, 2.45) is 0 Å². The molecule has 2 aliphatic rings. The van der Waals surface area contributed by atoms with E-state index in [2.05, 4.69) is 44.0 Å². The molecule has 5 rings (SSSR count). The number of anilines is 1. The van der Waals surface area contributed by atoms with Crippen LogP contribution < -0.4 is 14.9 Å². The summed E-state index contributed by atoms with van der Waals surface area (Å²) < 4.78 is 56.5. The average Bonchev–Trinajstić information content (AvgIpc) is 3.22. The van der Waals surface area contributed by atoms with Crippen LogP contribution in [0.5, 0.6) is 0 Å². The van der Waals surface area contributed by atoms with E-state index in [4.69, 9.17) is 0 Å². The van der Waals surface area contributed by atoms with Crippen molar-refractivity contribution in [1.29, 1.82) is 0 Å². The summed E-state index contributed by atoms with van der Waals surface area (Å²) in [5.41, 5.74) is 1.40. The Hall–Kier alpha value is -2.22. The molecule has 0 amide bonds. The number of pyridine rings is 1. The molecule has 2 N–H and O–H groups in total. The summed E-state index contributed by atoms with van der Waals surface area (Å²) in [6.07, 6.45) is 2.00. The molecule has 13 heteroatoms. The normalized spacial score (nSPS) is 22.2. The Labute approximate surface area is 187 Å². The lowest BCUT2D eigenvalue weighted by molar-refractivity contribution is 0.150. The highest BCUT2D eigenvalue weighted by Gasteiger charge is 2.31. The van der Waals surface area contributed by atoms with Crippen LogP contribution in [0.25, 0.3) is 16.3 Å². The van der Waals surface area contributed by atoms with E-state index in [1.807, 2.05) is 0 Å². The van der Waals surface area contributed by atoms with Gasteiger partial charge in [-0.3, -0.25) is 4.40 Å². The third-order valence-electron chi connectivity index (χ3n) is 5.52. The number of imidazole rings is 1. The molecule has 3 aromatic heterocycles. The summed E-state index contributed by atoms with van der Waals surface area (Å²) in [5.74, 6) is 0.283. The maximum Gasteiger partial charge on any atom is 0.291 e. The number of nitrogens with zero attached hydrogens (tertiary/aromatic N) is 5. The monoisotopic (exact) mass is 483 g/mol. The predicted octanol–water partition coefficient (Wildman–Crippen LogP) is 2.42. The van der Waals surface area contributed by atoms with Gasteiger partial charge in [0.15, 0.2) is 15.8 Å². The van der Waals surface area contributed by atoms with Crippen molar-refractivity contribution in [1.82, 2.24) is 29.6 Å². The molecule has 4 heterocycles. The zero-order chi connectivity index (χ0) is 22.6.